The van der Waals surface area contributed by atoms with E-state index < -0.39 is 0 Å². The number of halogens is 1. The number of likely N-dealkylation sites (tertiary alicyclic amines) is 1. The number of aryl methyl sites for hydroxylation is 1. The molecule has 128 valence electrons. The Morgan fingerprint density at radius 2 is 2.16 bits per heavy atom. The van der Waals surface area contributed by atoms with Gasteiger partial charge in [-0.15, -0.1) is 0 Å². The van der Waals surface area contributed by atoms with E-state index in [0.717, 1.165) is 6.42 Å². The highest BCUT2D eigenvalue weighted by atomic mass is 35.5. The Morgan fingerprint density at radius 1 is 1.32 bits per heavy atom. The first kappa shape index (κ1) is 15.8. The van der Waals surface area contributed by atoms with E-state index in [1.54, 1.807) is 17.9 Å². The van der Waals surface area contributed by atoms with Gasteiger partial charge in [-0.2, -0.15) is 4.98 Å². The molecule has 0 aliphatic carbocycles. The molecular formula is C17H15ClN4O3. The van der Waals surface area contributed by atoms with Crippen molar-refractivity contribution in [3.63, 3.8) is 0 Å². The second-order valence-electron chi connectivity index (χ2n) is 5.97. The number of rotatable bonds is 3. The predicted molar refractivity (Wildman–Crippen MR) is 89.2 cm³/mol. The summed E-state index contributed by atoms with van der Waals surface area (Å²) < 4.78 is 10.1. The zero-order valence-electron chi connectivity index (χ0n) is 13.5. The van der Waals surface area contributed by atoms with Crippen molar-refractivity contribution in [3.8, 4) is 11.3 Å². The maximum absolute atomic E-state index is 13.1. The predicted octanol–water partition coefficient (Wildman–Crippen LogP) is 3.32. The second-order valence-corrected chi connectivity index (χ2v) is 6.38. The average molecular weight is 359 g/mol. The van der Waals surface area contributed by atoms with Crippen LogP contribution in [0.15, 0.2) is 39.7 Å². The van der Waals surface area contributed by atoms with Crippen LogP contribution in [0.4, 0.5) is 0 Å². The largest absolute Gasteiger partial charge is 0.360 e. The number of carbonyl (C=O) groups excluding carboxylic acids is 1. The van der Waals surface area contributed by atoms with Gasteiger partial charge in [-0.3, -0.25) is 4.79 Å². The van der Waals surface area contributed by atoms with Crippen LogP contribution in [0.5, 0.6) is 0 Å². The molecule has 2 aromatic heterocycles. The number of hydrogen-bond acceptors (Lipinski definition) is 6. The summed E-state index contributed by atoms with van der Waals surface area (Å²) in [5, 5.41) is 8.46. The Hall–Kier alpha value is -2.67. The van der Waals surface area contributed by atoms with Crippen molar-refractivity contribution in [1.29, 1.82) is 0 Å². The lowest BCUT2D eigenvalue weighted by Gasteiger charge is -2.16. The lowest BCUT2D eigenvalue weighted by Crippen LogP contribution is -2.29. The topological polar surface area (TPSA) is 85.3 Å². The molecule has 1 aliphatic rings. The van der Waals surface area contributed by atoms with Crippen LogP contribution >= 0.6 is 11.6 Å². The minimum Gasteiger partial charge on any atom is -0.360 e. The van der Waals surface area contributed by atoms with Gasteiger partial charge in [-0.05, 0) is 19.4 Å². The lowest BCUT2D eigenvalue weighted by molar-refractivity contribution is 0.0789. The highest BCUT2D eigenvalue weighted by Crippen LogP contribution is 2.33. The van der Waals surface area contributed by atoms with Gasteiger partial charge in [-0.25, -0.2) is 0 Å². The van der Waals surface area contributed by atoms with Crippen LogP contribution in [0.3, 0.4) is 0 Å². The quantitative estimate of drug-likeness (QED) is 0.714. The molecule has 3 aromatic rings. The van der Waals surface area contributed by atoms with Crippen molar-refractivity contribution in [2.24, 2.45) is 0 Å². The molecule has 3 heterocycles. The number of carbonyl (C=O) groups is 1. The highest BCUT2D eigenvalue weighted by Gasteiger charge is 2.34. The minimum absolute atomic E-state index is 0.0756. The number of amides is 1. The van der Waals surface area contributed by atoms with Gasteiger partial charge in [0.15, 0.2) is 5.82 Å². The summed E-state index contributed by atoms with van der Waals surface area (Å²) >= 11 is 6.26. The van der Waals surface area contributed by atoms with E-state index in [2.05, 4.69) is 15.3 Å². The van der Waals surface area contributed by atoms with E-state index >= 15 is 0 Å². The average Bonchev–Trinajstić information content (AvgIpc) is 3.35. The zero-order chi connectivity index (χ0) is 17.4. The fraction of sp³-hybridized carbons (Fsp3) is 0.294. The van der Waals surface area contributed by atoms with Gasteiger partial charge in [-0.1, -0.05) is 40.1 Å². The molecule has 0 bridgehead atoms. The first-order chi connectivity index (χ1) is 12.1. The molecule has 1 aromatic carbocycles. The molecule has 1 atom stereocenters. The standard InChI is InChI=1S/C17H15ClN4O3/c1-10-14(15(20-25-10)12-4-2-3-5-13(12)18)17(23)22-7-6-11(8-22)16-19-9-24-21-16/h2-5,9,11H,6-8H2,1H3/t11-/m0/s1. The van der Waals surface area contributed by atoms with Crippen LogP contribution in [0.25, 0.3) is 11.3 Å². The number of nitrogens with zero attached hydrogens (tertiary/aromatic N) is 4. The Bertz CT molecular complexity index is 907. The molecule has 1 fully saturated rings. The van der Waals surface area contributed by atoms with Gasteiger partial charge >= 0.3 is 0 Å². The normalized spacial score (nSPS) is 17.2. The number of benzene rings is 1. The molecule has 0 saturated carbocycles. The maximum atomic E-state index is 13.1. The van der Waals surface area contributed by atoms with E-state index in [-0.39, 0.29) is 11.8 Å². The van der Waals surface area contributed by atoms with Crippen LogP contribution in [-0.4, -0.2) is 39.2 Å². The Balaban J connectivity index is 1.63. The Morgan fingerprint density at radius 3 is 2.92 bits per heavy atom. The first-order valence-electron chi connectivity index (χ1n) is 7.92. The third-order valence-electron chi connectivity index (χ3n) is 4.42. The molecule has 1 aliphatic heterocycles. The van der Waals surface area contributed by atoms with Crippen molar-refractivity contribution in [1.82, 2.24) is 20.2 Å². The van der Waals surface area contributed by atoms with Crippen LogP contribution in [0, 0.1) is 6.92 Å². The molecule has 8 heteroatoms. The van der Waals surface area contributed by atoms with Crippen molar-refractivity contribution in [3.05, 3.63) is 52.8 Å². The fourth-order valence-electron chi connectivity index (χ4n) is 3.13. The Labute approximate surface area is 148 Å². The summed E-state index contributed by atoms with van der Waals surface area (Å²) in [6, 6.07) is 7.26. The molecule has 0 N–H and O–H groups in total. The van der Waals surface area contributed by atoms with Crippen molar-refractivity contribution in [2.45, 2.75) is 19.3 Å². The fourth-order valence-corrected chi connectivity index (χ4v) is 3.36. The van der Waals surface area contributed by atoms with Gasteiger partial charge in [0.1, 0.15) is 17.0 Å². The first-order valence-corrected chi connectivity index (χ1v) is 8.29. The van der Waals surface area contributed by atoms with Gasteiger partial charge in [0.05, 0.1) is 5.02 Å². The molecule has 4 rings (SSSR count). The molecule has 1 saturated heterocycles. The summed E-state index contributed by atoms with van der Waals surface area (Å²) in [5.41, 5.74) is 1.59. The van der Waals surface area contributed by atoms with Crippen LogP contribution < -0.4 is 0 Å². The van der Waals surface area contributed by atoms with Crippen LogP contribution in [-0.2, 0) is 0 Å². The van der Waals surface area contributed by atoms with Gasteiger partial charge < -0.3 is 13.9 Å². The van der Waals surface area contributed by atoms with Crippen molar-refractivity contribution < 1.29 is 13.8 Å². The summed E-state index contributed by atoms with van der Waals surface area (Å²) in [6.45, 7) is 2.88. The number of hydrogen-bond donors (Lipinski definition) is 0. The Kier molecular flexibility index (Phi) is 4.01. The van der Waals surface area contributed by atoms with Crippen LogP contribution in [0.1, 0.15) is 34.3 Å². The molecule has 0 unspecified atom stereocenters. The molecular weight excluding hydrogens is 344 g/mol. The van der Waals surface area contributed by atoms with E-state index in [9.17, 15) is 4.79 Å². The van der Waals surface area contributed by atoms with Crippen LogP contribution in [0.2, 0.25) is 5.02 Å². The van der Waals surface area contributed by atoms with Gasteiger partial charge in [0, 0.05) is 24.6 Å². The van der Waals surface area contributed by atoms with E-state index in [1.807, 2.05) is 18.2 Å². The summed E-state index contributed by atoms with van der Waals surface area (Å²) in [7, 11) is 0. The maximum Gasteiger partial charge on any atom is 0.259 e. The number of aromatic nitrogens is 3. The zero-order valence-corrected chi connectivity index (χ0v) is 14.2. The van der Waals surface area contributed by atoms with E-state index in [0.29, 0.717) is 46.5 Å². The van der Waals surface area contributed by atoms with E-state index in [1.165, 1.54) is 6.39 Å². The summed E-state index contributed by atoms with van der Waals surface area (Å²) in [4.78, 5) is 18.9. The van der Waals surface area contributed by atoms with E-state index in [4.69, 9.17) is 20.6 Å². The molecule has 7 nitrogen and oxygen atoms in total. The van der Waals surface area contributed by atoms with Gasteiger partial charge in [0.2, 0.25) is 6.39 Å². The SMILES string of the molecule is Cc1onc(-c2ccccc2Cl)c1C(=O)N1CC[C@H](c2ncon2)C1. The lowest BCUT2D eigenvalue weighted by atomic mass is 10.1. The molecule has 0 spiro atoms. The molecule has 1 amide bonds. The molecule has 25 heavy (non-hydrogen) atoms. The highest BCUT2D eigenvalue weighted by molar-refractivity contribution is 6.33. The van der Waals surface area contributed by atoms with Crippen molar-refractivity contribution in [2.75, 3.05) is 13.1 Å². The monoisotopic (exact) mass is 358 g/mol. The summed E-state index contributed by atoms with van der Waals surface area (Å²) in [6.07, 6.45) is 2.09. The third-order valence-corrected chi connectivity index (χ3v) is 4.75. The second kappa shape index (κ2) is 6.33. The third kappa shape index (κ3) is 2.80. The van der Waals surface area contributed by atoms with Gasteiger partial charge in [0.25, 0.3) is 5.91 Å². The minimum atomic E-state index is -0.125. The summed E-state index contributed by atoms with van der Waals surface area (Å²) in [5.74, 6) is 1.05. The van der Waals surface area contributed by atoms with Crippen molar-refractivity contribution >= 4 is 17.5 Å². The molecule has 0 radical (unpaired) electrons. The smallest absolute Gasteiger partial charge is 0.259 e.